The number of benzene rings is 1. The monoisotopic (exact) mass is 246 g/mol. The van der Waals surface area contributed by atoms with E-state index in [2.05, 4.69) is 0 Å². The van der Waals surface area contributed by atoms with E-state index in [9.17, 15) is 10.1 Å². The van der Waals surface area contributed by atoms with E-state index in [0.29, 0.717) is 12.4 Å². The van der Waals surface area contributed by atoms with E-state index in [1.54, 1.807) is 12.1 Å². The second-order valence-corrected chi connectivity index (χ2v) is 3.40. The number of nitro groups is 1. The molecule has 0 radical (unpaired) electrons. The van der Waals surface area contributed by atoms with Crippen LogP contribution in [0.25, 0.3) is 0 Å². The van der Waals surface area contributed by atoms with E-state index in [1.807, 2.05) is 19.0 Å². The SMILES string of the molecule is CN(C)CCOc1ccc([N+](=O)[O-])cc1.Cl. The first-order chi connectivity index (χ1) is 7.09. The molecule has 0 spiro atoms. The van der Waals surface area contributed by atoms with Gasteiger partial charge in [-0.25, -0.2) is 0 Å². The van der Waals surface area contributed by atoms with Crippen LogP contribution >= 0.6 is 12.4 Å². The summed E-state index contributed by atoms with van der Waals surface area (Å²) in [6.45, 7) is 1.39. The van der Waals surface area contributed by atoms with Crippen molar-refractivity contribution in [2.45, 2.75) is 0 Å². The van der Waals surface area contributed by atoms with Gasteiger partial charge in [-0.15, -0.1) is 12.4 Å². The fourth-order valence-corrected chi connectivity index (χ4v) is 1.01. The van der Waals surface area contributed by atoms with Crippen LogP contribution in [0.4, 0.5) is 5.69 Å². The van der Waals surface area contributed by atoms with E-state index >= 15 is 0 Å². The fourth-order valence-electron chi connectivity index (χ4n) is 1.01. The molecule has 0 saturated heterocycles. The number of halogens is 1. The second kappa shape index (κ2) is 7.03. The van der Waals surface area contributed by atoms with Gasteiger partial charge in [0.1, 0.15) is 12.4 Å². The Morgan fingerprint density at radius 3 is 2.31 bits per heavy atom. The largest absolute Gasteiger partial charge is 0.492 e. The predicted octanol–water partition coefficient (Wildman–Crippen LogP) is 1.96. The normalized spacial score (nSPS) is 9.69. The summed E-state index contributed by atoms with van der Waals surface area (Å²) < 4.78 is 5.39. The molecule has 1 aromatic carbocycles. The number of hydrogen-bond acceptors (Lipinski definition) is 4. The number of non-ortho nitro benzene ring substituents is 1. The van der Waals surface area contributed by atoms with Crippen LogP contribution in [-0.2, 0) is 0 Å². The molecular weight excluding hydrogens is 232 g/mol. The highest BCUT2D eigenvalue weighted by molar-refractivity contribution is 5.85. The van der Waals surface area contributed by atoms with Gasteiger partial charge in [-0.2, -0.15) is 0 Å². The number of nitro benzene ring substituents is 1. The van der Waals surface area contributed by atoms with Crippen molar-refractivity contribution >= 4 is 18.1 Å². The summed E-state index contributed by atoms with van der Waals surface area (Å²) in [6, 6.07) is 6.08. The Morgan fingerprint density at radius 1 is 1.31 bits per heavy atom. The van der Waals surface area contributed by atoms with Crippen LogP contribution in [0.2, 0.25) is 0 Å². The van der Waals surface area contributed by atoms with Gasteiger partial charge >= 0.3 is 0 Å². The van der Waals surface area contributed by atoms with Crippen LogP contribution in [0, 0.1) is 10.1 Å². The first-order valence-corrected chi connectivity index (χ1v) is 4.61. The van der Waals surface area contributed by atoms with Gasteiger partial charge in [0.2, 0.25) is 0 Å². The lowest BCUT2D eigenvalue weighted by atomic mass is 10.3. The van der Waals surface area contributed by atoms with Crippen LogP contribution < -0.4 is 4.74 Å². The van der Waals surface area contributed by atoms with Gasteiger partial charge in [0, 0.05) is 18.7 Å². The van der Waals surface area contributed by atoms with Crippen molar-refractivity contribution in [2.24, 2.45) is 0 Å². The molecule has 0 fully saturated rings. The van der Waals surface area contributed by atoms with Gasteiger partial charge in [-0.05, 0) is 26.2 Å². The Bertz CT molecular complexity index is 327. The molecule has 0 amide bonds. The van der Waals surface area contributed by atoms with E-state index < -0.39 is 4.92 Å². The molecule has 0 aliphatic heterocycles. The van der Waals surface area contributed by atoms with Crippen LogP contribution in [-0.4, -0.2) is 37.1 Å². The molecule has 6 heteroatoms. The summed E-state index contributed by atoms with van der Waals surface area (Å²) in [5.74, 6) is 0.655. The van der Waals surface area contributed by atoms with E-state index in [-0.39, 0.29) is 18.1 Å². The summed E-state index contributed by atoms with van der Waals surface area (Å²) in [4.78, 5) is 12.0. The number of rotatable bonds is 5. The molecule has 0 unspecified atom stereocenters. The van der Waals surface area contributed by atoms with E-state index in [0.717, 1.165) is 6.54 Å². The molecule has 0 N–H and O–H groups in total. The maximum absolute atomic E-state index is 10.4. The molecule has 0 aliphatic rings. The van der Waals surface area contributed by atoms with Gasteiger partial charge in [0.05, 0.1) is 4.92 Å². The van der Waals surface area contributed by atoms with Gasteiger partial charge < -0.3 is 9.64 Å². The van der Waals surface area contributed by atoms with Crippen LogP contribution in [0.3, 0.4) is 0 Å². The first kappa shape index (κ1) is 14.7. The summed E-state index contributed by atoms with van der Waals surface area (Å²) in [7, 11) is 3.92. The molecule has 1 rings (SSSR count). The maximum atomic E-state index is 10.4. The lowest BCUT2D eigenvalue weighted by molar-refractivity contribution is -0.384. The quantitative estimate of drug-likeness (QED) is 0.589. The molecule has 0 atom stereocenters. The van der Waals surface area contributed by atoms with Crippen molar-refractivity contribution in [3.8, 4) is 5.75 Å². The van der Waals surface area contributed by atoms with Crippen molar-refractivity contribution in [3.63, 3.8) is 0 Å². The molecule has 90 valence electrons. The van der Waals surface area contributed by atoms with Gasteiger partial charge in [-0.1, -0.05) is 0 Å². The number of likely N-dealkylation sites (N-methyl/N-ethyl adjacent to an activating group) is 1. The standard InChI is InChI=1S/C10H14N2O3.ClH/c1-11(2)7-8-15-10-5-3-9(4-6-10)12(13)14;/h3-6H,7-8H2,1-2H3;1H. The third-order valence-electron chi connectivity index (χ3n) is 1.85. The lowest BCUT2D eigenvalue weighted by Gasteiger charge is -2.10. The molecule has 1 aromatic rings. The highest BCUT2D eigenvalue weighted by Crippen LogP contribution is 2.16. The summed E-state index contributed by atoms with van der Waals surface area (Å²) in [5, 5.41) is 10.4. The van der Waals surface area contributed by atoms with Gasteiger partial charge in [-0.3, -0.25) is 10.1 Å². The lowest BCUT2D eigenvalue weighted by Crippen LogP contribution is -2.19. The minimum atomic E-state index is -0.427. The van der Waals surface area contributed by atoms with Crippen molar-refractivity contribution in [1.29, 1.82) is 0 Å². The van der Waals surface area contributed by atoms with Gasteiger partial charge in [0.25, 0.3) is 5.69 Å². The number of ether oxygens (including phenoxy) is 1. The Kier molecular flexibility index (Phi) is 6.44. The maximum Gasteiger partial charge on any atom is 0.269 e. The van der Waals surface area contributed by atoms with Crippen LogP contribution in [0.1, 0.15) is 0 Å². The highest BCUT2D eigenvalue weighted by Gasteiger charge is 2.03. The molecule has 0 aliphatic carbocycles. The minimum Gasteiger partial charge on any atom is -0.492 e. The Hall–Kier alpha value is -1.33. The number of nitrogens with zero attached hydrogens (tertiary/aromatic N) is 2. The van der Waals surface area contributed by atoms with Gasteiger partial charge in [0.15, 0.2) is 0 Å². The third-order valence-corrected chi connectivity index (χ3v) is 1.85. The van der Waals surface area contributed by atoms with Crippen molar-refractivity contribution in [3.05, 3.63) is 34.4 Å². The molecule has 0 saturated carbocycles. The fraction of sp³-hybridized carbons (Fsp3) is 0.400. The summed E-state index contributed by atoms with van der Waals surface area (Å²) >= 11 is 0. The summed E-state index contributed by atoms with van der Waals surface area (Å²) in [5.41, 5.74) is 0.0787. The van der Waals surface area contributed by atoms with E-state index in [1.165, 1.54) is 12.1 Å². The van der Waals surface area contributed by atoms with Crippen LogP contribution in [0.15, 0.2) is 24.3 Å². The highest BCUT2D eigenvalue weighted by atomic mass is 35.5. The molecule has 0 aromatic heterocycles. The van der Waals surface area contributed by atoms with Crippen molar-refractivity contribution < 1.29 is 9.66 Å². The van der Waals surface area contributed by atoms with E-state index in [4.69, 9.17) is 4.74 Å². The second-order valence-electron chi connectivity index (χ2n) is 3.40. The zero-order chi connectivity index (χ0) is 11.3. The molecular formula is C10H15ClN2O3. The predicted molar refractivity (Wildman–Crippen MR) is 64.4 cm³/mol. The number of hydrogen-bond donors (Lipinski definition) is 0. The summed E-state index contributed by atoms with van der Waals surface area (Å²) in [6.07, 6.45) is 0. The Labute approximate surface area is 101 Å². The first-order valence-electron chi connectivity index (χ1n) is 4.61. The third kappa shape index (κ3) is 4.95. The average molecular weight is 247 g/mol. The zero-order valence-corrected chi connectivity index (χ0v) is 10.1. The van der Waals surface area contributed by atoms with Crippen molar-refractivity contribution in [2.75, 3.05) is 27.2 Å². The Morgan fingerprint density at radius 2 is 1.88 bits per heavy atom. The van der Waals surface area contributed by atoms with Crippen molar-refractivity contribution in [1.82, 2.24) is 4.90 Å². The van der Waals surface area contributed by atoms with Crippen LogP contribution in [0.5, 0.6) is 5.75 Å². The molecule has 0 heterocycles. The molecule has 16 heavy (non-hydrogen) atoms. The minimum absolute atomic E-state index is 0. The molecule has 5 nitrogen and oxygen atoms in total. The Balaban J connectivity index is 0.00000225. The topological polar surface area (TPSA) is 55.6 Å². The molecule has 0 bridgehead atoms. The smallest absolute Gasteiger partial charge is 0.269 e. The average Bonchev–Trinajstić information content (AvgIpc) is 2.18. The zero-order valence-electron chi connectivity index (χ0n) is 9.25.